The van der Waals surface area contributed by atoms with E-state index in [4.69, 9.17) is 15.9 Å². The molecule has 0 aliphatic heterocycles. The molecule has 0 unspecified atom stereocenters. The zero-order chi connectivity index (χ0) is 10.4. The number of rotatable bonds is 1. The van der Waals surface area contributed by atoms with Gasteiger partial charge >= 0.3 is 5.97 Å². The van der Waals surface area contributed by atoms with Gasteiger partial charge in [-0.2, -0.15) is 0 Å². The molecule has 13 heavy (non-hydrogen) atoms. The van der Waals surface area contributed by atoms with E-state index in [9.17, 15) is 4.79 Å². The molecule has 1 rings (SSSR count). The molecule has 0 saturated heterocycles. The Bertz CT molecular complexity index is 310. The predicted molar refractivity (Wildman–Crippen MR) is 50.7 cm³/mol. The van der Waals surface area contributed by atoms with Crippen LogP contribution in [0, 0.1) is 0 Å². The molecule has 70 valence electrons. The first-order chi connectivity index (χ1) is 6.11. The number of phenols is 1. The first kappa shape index (κ1) is 11.0. The van der Waals surface area contributed by atoms with Gasteiger partial charge in [0.25, 0.3) is 0 Å². The Morgan fingerprint density at radius 1 is 1.38 bits per heavy atom. The van der Waals surface area contributed by atoms with E-state index in [1.807, 2.05) is 0 Å². The van der Waals surface area contributed by atoms with Crippen molar-refractivity contribution >= 4 is 11.7 Å². The van der Waals surface area contributed by atoms with Crippen molar-refractivity contribution in [2.24, 2.45) is 0 Å². The van der Waals surface area contributed by atoms with Crippen molar-refractivity contribution in [3.8, 4) is 5.75 Å². The molecule has 4 N–H and O–H groups in total. The molecule has 0 aromatic heterocycles. The van der Waals surface area contributed by atoms with Crippen LogP contribution in [0.25, 0.3) is 0 Å². The van der Waals surface area contributed by atoms with E-state index in [1.165, 1.54) is 18.2 Å². The fourth-order valence-electron chi connectivity index (χ4n) is 0.730. The molecule has 0 amide bonds. The summed E-state index contributed by atoms with van der Waals surface area (Å²) in [6, 6.07) is 3.87. The molecule has 0 aliphatic rings. The van der Waals surface area contributed by atoms with Crippen molar-refractivity contribution in [1.82, 2.24) is 0 Å². The van der Waals surface area contributed by atoms with Crippen LogP contribution in [0.5, 0.6) is 5.75 Å². The van der Waals surface area contributed by atoms with Crippen LogP contribution >= 0.6 is 0 Å². The highest BCUT2D eigenvalue weighted by Crippen LogP contribution is 2.19. The Balaban J connectivity index is 0.000000671. The second kappa shape index (κ2) is 4.82. The van der Waals surface area contributed by atoms with Gasteiger partial charge in [-0.15, -0.1) is 13.2 Å². The van der Waals surface area contributed by atoms with Gasteiger partial charge in [0.15, 0.2) is 0 Å². The largest absolute Gasteiger partial charge is 0.507 e. The Morgan fingerprint density at radius 3 is 2.31 bits per heavy atom. The minimum Gasteiger partial charge on any atom is -0.507 e. The highest BCUT2D eigenvalue weighted by Gasteiger charge is 2.07. The van der Waals surface area contributed by atoms with E-state index in [-0.39, 0.29) is 11.3 Å². The van der Waals surface area contributed by atoms with Gasteiger partial charge in [-0.05, 0) is 12.1 Å². The first-order valence-electron chi connectivity index (χ1n) is 3.43. The summed E-state index contributed by atoms with van der Waals surface area (Å²) in [5.41, 5.74) is 5.48. The van der Waals surface area contributed by atoms with E-state index in [0.717, 1.165) is 0 Å². The molecule has 1 aromatic carbocycles. The third-order valence-electron chi connectivity index (χ3n) is 1.25. The quantitative estimate of drug-likeness (QED) is 0.452. The van der Waals surface area contributed by atoms with Crippen LogP contribution in [0.3, 0.4) is 0 Å². The van der Waals surface area contributed by atoms with E-state index < -0.39 is 5.97 Å². The lowest BCUT2D eigenvalue weighted by Gasteiger charge is -1.98. The molecule has 0 fully saturated rings. The number of aromatic carboxylic acids is 1. The summed E-state index contributed by atoms with van der Waals surface area (Å²) < 4.78 is 0. The SMILES string of the molecule is C=C.Nc1ccc(C(=O)O)c(O)c1. The second-order valence-corrected chi connectivity index (χ2v) is 2.08. The van der Waals surface area contributed by atoms with Crippen molar-refractivity contribution in [3.05, 3.63) is 36.9 Å². The van der Waals surface area contributed by atoms with Crippen LogP contribution in [0.2, 0.25) is 0 Å². The Kier molecular flexibility index (Phi) is 4.09. The van der Waals surface area contributed by atoms with Crippen LogP contribution in [0.15, 0.2) is 31.4 Å². The molecule has 1 aromatic rings. The molecule has 0 atom stereocenters. The fourth-order valence-corrected chi connectivity index (χ4v) is 0.730. The predicted octanol–water partition coefficient (Wildman–Crippen LogP) is 1.47. The molecule has 0 spiro atoms. The number of hydrogen-bond donors (Lipinski definition) is 3. The zero-order valence-corrected chi connectivity index (χ0v) is 7.03. The number of hydrogen-bond acceptors (Lipinski definition) is 3. The van der Waals surface area contributed by atoms with Gasteiger partial charge in [0.1, 0.15) is 11.3 Å². The minimum atomic E-state index is -1.16. The molecule has 4 nitrogen and oxygen atoms in total. The minimum absolute atomic E-state index is 0.140. The molecular weight excluding hydrogens is 170 g/mol. The van der Waals surface area contributed by atoms with Crippen molar-refractivity contribution in [2.75, 3.05) is 5.73 Å². The zero-order valence-electron chi connectivity index (χ0n) is 7.03. The van der Waals surface area contributed by atoms with Crippen molar-refractivity contribution in [1.29, 1.82) is 0 Å². The molecule has 0 bridgehead atoms. The molecule has 4 heteroatoms. The van der Waals surface area contributed by atoms with E-state index in [1.54, 1.807) is 0 Å². The van der Waals surface area contributed by atoms with Crippen LogP contribution in [0.4, 0.5) is 5.69 Å². The van der Waals surface area contributed by atoms with Gasteiger partial charge in [0.2, 0.25) is 0 Å². The highest BCUT2D eigenvalue weighted by molar-refractivity contribution is 5.91. The van der Waals surface area contributed by atoms with Crippen LogP contribution in [-0.2, 0) is 0 Å². The molecule has 0 radical (unpaired) electrons. The first-order valence-corrected chi connectivity index (χ1v) is 3.43. The maximum Gasteiger partial charge on any atom is 0.339 e. The van der Waals surface area contributed by atoms with Crippen LogP contribution in [-0.4, -0.2) is 16.2 Å². The van der Waals surface area contributed by atoms with Crippen LogP contribution in [0.1, 0.15) is 10.4 Å². The van der Waals surface area contributed by atoms with Gasteiger partial charge in [-0.25, -0.2) is 4.79 Å². The number of nitrogen functional groups attached to an aromatic ring is 1. The summed E-state index contributed by atoms with van der Waals surface area (Å²) in [5.74, 6) is -1.47. The van der Waals surface area contributed by atoms with Gasteiger partial charge in [0.05, 0.1) is 0 Å². The molecule has 0 aliphatic carbocycles. The van der Waals surface area contributed by atoms with E-state index >= 15 is 0 Å². The Labute approximate surface area is 75.9 Å². The number of benzene rings is 1. The summed E-state index contributed by atoms with van der Waals surface area (Å²) >= 11 is 0. The average molecular weight is 181 g/mol. The van der Waals surface area contributed by atoms with Crippen molar-refractivity contribution in [2.45, 2.75) is 0 Å². The van der Waals surface area contributed by atoms with Crippen LogP contribution < -0.4 is 5.73 Å². The smallest absolute Gasteiger partial charge is 0.339 e. The third-order valence-corrected chi connectivity index (χ3v) is 1.25. The standard InChI is InChI=1S/C7H7NO3.C2H4/c8-4-1-2-5(7(10)11)6(9)3-4;1-2/h1-3,9H,8H2,(H,10,11);1-2H2. The van der Waals surface area contributed by atoms with Crippen molar-refractivity contribution in [3.63, 3.8) is 0 Å². The number of carboxylic acids is 1. The lowest BCUT2D eigenvalue weighted by atomic mass is 10.2. The van der Waals surface area contributed by atoms with E-state index in [2.05, 4.69) is 13.2 Å². The second-order valence-electron chi connectivity index (χ2n) is 2.08. The number of nitrogens with two attached hydrogens (primary N) is 1. The lowest BCUT2D eigenvalue weighted by Crippen LogP contribution is -1.97. The highest BCUT2D eigenvalue weighted by atomic mass is 16.4. The number of carbonyl (C=O) groups is 1. The summed E-state index contributed by atoms with van der Waals surface area (Å²) in [4.78, 5) is 10.3. The maximum absolute atomic E-state index is 10.3. The Hall–Kier alpha value is -1.97. The summed E-state index contributed by atoms with van der Waals surface area (Å²) in [6.45, 7) is 6.00. The number of carboxylic acid groups (broad SMARTS) is 1. The molecule has 0 saturated carbocycles. The third kappa shape index (κ3) is 2.86. The maximum atomic E-state index is 10.3. The van der Waals surface area contributed by atoms with Gasteiger partial charge in [-0.1, -0.05) is 0 Å². The summed E-state index contributed by atoms with van der Waals surface area (Å²) in [6.07, 6.45) is 0. The monoisotopic (exact) mass is 181 g/mol. The average Bonchev–Trinajstić information content (AvgIpc) is 2.07. The lowest BCUT2D eigenvalue weighted by molar-refractivity contribution is 0.0694. The summed E-state index contributed by atoms with van der Waals surface area (Å²) in [5, 5.41) is 17.5. The van der Waals surface area contributed by atoms with E-state index in [0.29, 0.717) is 5.69 Å². The van der Waals surface area contributed by atoms with Gasteiger partial charge in [0, 0.05) is 11.8 Å². The van der Waals surface area contributed by atoms with Gasteiger partial charge in [-0.3, -0.25) is 0 Å². The Morgan fingerprint density at radius 2 is 1.92 bits per heavy atom. The number of anilines is 1. The molecular formula is C9H11NO3. The normalized spacial score (nSPS) is 8.31. The number of aromatic hydroxyl groups is 1. The van der Waals surface area contributed by atoms with Gasteiger partial charge < -0.3 is 15.9 Å². The topological polar surface area (TPSA) is 83.6 Å². The van der Waals surface area contributed by atoms with Crippen molar-refractivity contribution < 1.29 is 15.0 Å². The summed E-state index contributed by atoms with van der Waals surface area (Å²) in [7, 11) is 0. The molecule has 0 heterocycles. The fraction of sp³-hybridized carbons (Fsp3) is 0.